The van der Waals surface area contributed by atoms with Crippen molar-refractivity contribution in [3.63, 3.8) is 0 Å². The van der Waals surface area contributed by atoms with Crippen molar-refractivity contribution in [2.24, 2.45) is 0 Å². The van der Waals surface area contributed by atoms with Crippen molar-refractivity contribution in [3.05, 3.63) is 48.5 Å². The Morgan fingerprint density at radius 2 is 1.73 bits per heavy atom. The zero-order chi connectivity index (χ0) is 17.8. The van der Waals surface area contributed by atoms with Gasteiger partial charge in [-0.3, -0.25) is 4.40 Å². The number of nitrogens with one attached hydrogen (secondary N) is 1. The van der Waals surface area contributed by atoms with Crippen LogP contribution in [0.15, 0.2) is 53.7 Å². The van der Waals surface area contributed by atoms with Crippen LogP contribution in [0.25, 0.3) is 16.8 Å². The summed E-state index contributed by atoms with van der Waals surface area (Å²) in [5.74, 6) is 3.27. The van der Waals surface area contributed by atoms with E-state index in [9.17, 15) is 0 Å². The van der Waals surface area contributed by atoms with Crippen molar-refractivity contribution in [1.82, 2.24) is 19.6 Å². The lowest BCUT2D eigenvalue weighted by atomic mass is 10.3. The van der Waals surface area contributed by atoms with Crippen LogP contribution in [0.5, 0.6) is 11.5 Å². The number of rotatable bonds is 8. The molecule has 2 aromatic heterocycles. The van der Waals surface area contributed by atoms with Crippen molar-refractivity contribution in [2.75, 3.05) is 19.0 Å². The lowest BCUT2D eigenvalue weighted by Gasteiger charge is -2.07. The number of ether oxygens (including phenoxy) is 2. The zero-order valence-electron chi connectivity index (χ0n) is 14.5. The molecule has 0 saturated heterocycles. The van der Waals surface area contributed by atoms with E-state index in [1.807, 2.05) is 52.9 Å². The lowest BCUT2D eigenvalue weighted by Crippen LogP contribution is -2.01. The zero-order valence-corrected chi connectivity index (χ0v) is 15.3. The number of fused-ring (bicyclic) bond motifs is 3. The van der Waals surface area contributed by atoms with Crippen LogP contribution in [-0.4, -0.2) is 38.5 Å². The molecule has 0 bridgehead atoms. The van der Waals surface area contributed by atoms with E-state index in [1.54, 1.807) is 11.8 Å². The largest absolute Gasteiger partial charge is 0.494 e. The molecule has 4 aromatic rings. The summed E-state index contributed by atoms with van der Waals surface area (Å²) in [6.45, 7) is 3.42. The molecule has 0 saturated carbocycles. The van der Waals surface area contributed by atoms with Crippen LogP contribution in [0.3, 0.4) is 0 Å². The number of H-pyrrole nitrogens is 1. The highest BCUT2D eigenvalue weighted by molar-refractivity contribution is 7.99. The van der Waals surface area contributed by atoms with Crippen LogP contribution >= 0.6 is 11.8 Å². The van der Waals surface area contributed by atoms with E-state index in [0.717, 1.165) is 52.2 Å². The molecule has 2 heterocycles. The molecule has 0 amide bonds. The molecule has 134 valence electrons. The average molecular weight is 368 g/mol. The van der Waals surface area contributed by atoms with Gasteiger partial charge in [0.2, 0.25) is 5.78 Å². The van der Waals surface area contributed by atoms with Crippen molar-refractivity contribution < 1.29 is 9.47 Å². The highest BCUT2D eigenvalue weighted by Gasteiger charge is 2.11. The van der Waals surface area contributed by atoms with Gasteiger partial charge in [-0.1, -0.05) is 30.8 Å². The van der Waals surface area contributed by atoms with E-state index in [-0.39, 0.29) is 0 Å². The van der Waals surface area contributed by atoms with Gasteiger partial charge in [0, 0.05) is 5.75 Å². The molecule has 0 aliphatic carbocycles. The molecule has 26 heavy (non-hydrogen) atoms. The van der Waals surface area contributed by atoms with Gasteiger partial charge in [0.05, 0.1) is 24.2 Å². The van der Waals surface area contributed by atoms with Gasteiger partial charge in [0.15, 0.2) is 5.16 Å². The standard InChI is InChI=1S/C19H20N4O2S/c1-2-11-24-14-7-9-15(10-8-14)25-12-13-26-19-22-21-18-20-16-5-3-4-6-17(16)23(18)19/h3-10H,2,11-13H2,1H3,(H,20,21). The number of imidazole rings is 1. The number of thioether (sulfide) groups is 1. The molecule has 0 aliphatic heterocycles. The Hall–Kier alpha value is -2.67. The fourth-order valence-corrected chi connectivity index (χ4v) is 3.46. The van der Waals surface area contributed by atoms with Gasteiger partial charge in [-0.05, 0) is 42.8 Å². The maximum Gasteiger partial charge on any atom is 0.231 e. The number of nitrogens with zero attached hydrogens (tertiary/aromatic N) is 3. The number of hydrogen-bond donors (Lipinski definition) is 1. The quantitative estimate of drug-likeness (QED) is 0.373. The Morgan fingerprint density at radius 1 is 1.00 bits per heavy atom. The normalized spacial score (nSPS) is 11.3. The van der Waals surface area contributed by atoms with Crippen LogP contribution in [0.4, 0.5) is 0 Å². The number of aromatic nitrogens is 4. The molecular formula is C19H20N4O2S. The third-order valence-electron chi connectivity index (χ3n) is 3.88. The predicted molar refractivity (Wildman–Crippen MR) is 103 cm³/mol. The van der Waals surface area contributed by atoms with E-state index < -0.39 is 0 Å². The molecule has 7 heteroatoms. The molecule has 0 spiro atoms. The molecule has 1 N–H and O–H groups in total. The minimum absolute atomic E-state index is 0.598. The van der Waals surface area contributed by atoms with Crippen LogP contribution in [-0.2, 0) is 0 Å². The highest BCUT2D eigenvalue weighted by Crippen LogP contribution is 2.23. The summed E-state index contributed by atoms with van der Waals surface area (Å²) in [5, 5.41) is 8.23. The van der Waals surface area contributed by atoms with Gasteiger partial charge in [-0.25, -0.2) is 10.1 Å². The van der Waals surface area contributed by atoms with Crippen molar-refractivity contribution >= 4 is 28.6 Å². The first-order valence-electron chi connectivity index (χ1n) is 8.65. The minimum atomic E-state index is 0.598. The van der Waals surface area contributed by atoms with Crippen LogP contribution in [0.2, 0.25) is 0 Å². The van der Waals surface area contributed by atoms with Crippen molar-refractivity contribution in [2.45, 2.75) is 18.5 Å². The summed E-state index contributed by atoms with van der Waals surface area (Å²) >= 11 is 1.64. The minimum Gasteiger partial charge on any atom is -0.494 e. The predicted octanol–water partition coefficient (Wildman–Crippen LogP) is 4.17. The first-order valence-corrected chi connectivity index (χ1v) is 9.64. The number of hydrogen-bond acceptors (Lipinski definition) is 5. The summed E-state index contributed by atoms with van der Waals surface area (Å²) in [5.41, 5.74) is 2.02. The molecule has 0 aliphatic rings. The maximum absolute atomic E-state index is 5.81. The summed E-state index contributed by atoms with van der Waals surface area (Å²) < 4.78 is 13.4. The lowest BCUT2D eigenvalue weighted by molar-refractivity contribution is 0.314. The Kier molecular flexibility index (Phi) is 4.97. The summed E-state index contributed by atoms with van der Waals surface area (Å²) in [6.07, 6.45) is 1.00. The molecule has 0 fully saturated rings. The second-order valence-electron chi connectivity index (χ2n) is 5.78. The van der Waals surface area contributed by atoms with Crippen LogP contribution in [0, 0.1) is 0 Å². The summed E-state index contributed by atoms with van der Waals surface area (Å²) in [6, 6.07) is 15.8. The Bertz CT molecular complexity index is 994. The summed E-state index contributed by atoms with van der Waals surface area (Å²) in [4.78, 5) is 4.53. The third-order valence-corrected chi connectivity index (χ3v) is 4.79. The maximum atomic E-state index is 5.81. The molecule has 0 unspecified atom stereocenters. The van der Waals surface area contributed by atoms with Gasteiger partial charge >= 0.3 is 0 Å². The van der Waals surface area contributed by atoms with E-state index >= 15 is 0 Å². The first-order chi connectivity index (χ1) is 12.8. The van der Waals surface area contributed by atoms with Gasteiger partial charge in [0.25, 0.3) is 0 Å². The van der Waals surface area contributed by atoms with Gasteiger partial charge < -0.3 is 9.47 Å². The second kappa shape index (κ2) is 7.70. The van der Waals surface area contributed by atoms with E-state index in [2.05, 4.69) is 22.1 Å². The molecule has 0 atom stereocenters. The Labute approximate surface area is 155 Å². The van der Waals surface area contributed by atoms with Gasteiger partial charge in [-0.15, -0.1) is 5.10 Å². The Morgan fingerprint density at radius 3 is 2.50 bits per heavy atom. The molecule has 6 nitrogen and oxygen atoms in total. The fourth-order valence-electron chi connectivity index (χ4n) is 2.68. The smallest absolute Gasteiger partial charge is 0.231 e. The molecule has 4 rings (SSSR count). The Balaban J connectivity index is 1.34. The molecule has 0 radical (unpaired) electrons. The van der Waals surface area contributed by atoms with Gasteiger partial charge in [-0.2, -0.15) is 0 Å². The summed E-state index contributed by atoms with van der Waals surface area (Å²) in [7, 11) is 0. The SMILES string of the molecule is CCCOc1ccc(OCCSc2n[nH]c3nc4ccccc4n23)cc1. The monoisotopic (exact) mass is 368 g/mol. The van der Waals surface area contributed by atoms with E-state index in [4.69, 9.17) is 9.47 Å². The van der Waals surface area contributed by atoms with Crippen LogP contribution in [0.1, 0.15) is 13.3 Å². The van der Waals surface area contributed by atoms with E-state index in [1.165, 1.54) is 0 Å². The number of aromatic amines is 1. The number of para-hydroxylation sites is 2. The first kappa shape index (κ1) is 16.8. The second-order valence-corrected chi connectivity index (χ2v) is 6.84. The average Bonchev–Trinajstić information content (AvgIpc) is 3.24. The topological polar surface area (TPSA) is 64.4 Å². The highest BCUT2D eigenvalue weighted by atomic mass is 32.2. The molecule has 2 aromatic carbocycles. The number of benzene rings is 2. The van der Waals surface area contributed by atoms with Crippen molar-refractivity contribution in [1.29, 1.82) is 0 Å². The van der Waals surface area contributed by atoms with Gasteiger partial charge in [0.1, 0.15) is 11.5 Å². The van der Waals surface area contributed by atoms with Crippen molar-refractivity contribution in [3.8, 4) is 11.5 Å². The molecular weight excluding hydrogens is 348 g/mol. The fraction of sp³-hybridized carbons (Fsp3) is 0.263. The van der Waals surface area contributed by atoms with E-state index in [0.29, 0.717) is 6.61 Å². The third kappa shape index (κ3) is 3.48. The van der Waals surface area contributed by atoms with Crippen LogP contribution < -0.4 is 9.47 Å².